The Balaban J connectivity index is 1.90. The number of hydrogen-bond acceptors (Lipinski definition) is 5. The molecule has 3 rings (SSSR count). The number of benzene rings is 2. The molecule has 140 valence electrons. The largest absolute Gasteiger partial charge is 0.508 e. The van der Waals surface area contributed by atoms with Gasteiger partial charge in [-0.15, -0.1) is 0 Å². The molecule has 1 heterocycles. The number of esters is 1. The molecule has 0 spiro atoms. The van der Waals surface area contributed by atoms with Crippen molar-refractivity contribution in [2.75, 3.05) is 0 Å². The van der Waals surface area contributed by atoms with E-state index in [0.29, 0.717) is 17.6 Å². The molecule has 0 amide bonds. The highest BCUT2D eigenvalue weighted by Crippen LogP contribution is 2.37. The van der Waals surface area contributed by atoms with E-state index >= 15 is 0 Å². The van der Waals surface area contributed by atoms with Crippen molar-refractivity contribution >= 4 is 11.5 Å². The molecule has 27 heavy (non-hydrogen) atoms. The minimum atomic E-state index is -1.81. The van der Waals surface area contributed by atoms with Crippen molar-refractivity contribution in [2.45, 2.75) is 32.5 Å². The Morgan fingerprint density at radius 2 is 1.81 bits per heavy atom. The summed E-state index contributed by atoms with van der Waals surface area (Å²) in [5, 5.41) is 30.5. The molecule has 0 aromatic heterocycles. The molecule has 3 N–H and O–H groups in total. The Kier molecular flexibility index (Phi) is 5.06. The Hall–Kier alpha value is -3.05. The van der Waals surface area contributed by atoms with Crippen molar-refractivity contribution < 1.29 is 24.9 Å². The van der Waals surface area contributed by atoms with Crippen LogP contribution in [-0.4, -0.2) is 27.1 Å². The topological polar surface area (TPSA) is 87.0 Å². The number of ether oxygens (including phenoxy) is 1. The zero-order valence-corrected chi connectivity index (χ0v) is 15.3. The molecule has 2 aromatic carbocycles. The van der Waals surface area contributed by atoms with Crippen molar-refractivity contribution in [3.8, 4) is 11.5 Å². The van der Waals surface area contributed by atoms with E-state index in [1.807, 2.05) is 19.9 Å². The molecule has 1 aliphatic rings. The van der Waals surface area contributed by atoms with Gasteiger partial charge in [-0.3, -0.25) is 0 Å². The van der Waals surface area contributed by atoms with Crippen molar-refractivity contribution in [2.24, 2.45) is 0 Å². The molecule has 5 nitrogen and oxygen atoms in total. The molecule has 2 aromatic rings. The fourth-order valence-electron chi connectivity index (χ4n) is 3.07. The summed E-state index contributed by atoms with van der Waals surface area (Å²) in [7, 11) is 0. The summed E-state index contributed by atoms with van der Waals surface area (Å²) in [4.78, 5) is 11.8. The van der Waals surface area contributed by atoms with Crippen LogP contribution in [0.3, 0.4) is 0 Å². The molecule has 1 unspecified atom stereocenters. The van der Waals surface area contributed by atoms with Gasteiger partial charge in [0, 0.05) is 18.1 Å². The highest BCUT2D eigenvalue weighted by molar-refractivity contribution is 5.98. The third-order valence-electron chi connectivity index (χ3n) is 4.45. The summed E-state index contributed by atoms with van der Waals surface area (Å²) in [6.07, 6.45) is 3.89. The normalized spacial score (nSPS) is 18.8. The van der Waals surface area contributed by atoms with Gasteiger partial charge in [0.15, 0.2) is 0 Å². The molecular formula is C22H22O5. The van der Waals surface area contributed by atoms with Gasteiger partial charge < -0.3 is 20.1 Å². The van der Waals surface area contributed by atoms with Crippen LogP contribution in [-0.2, 0) is 22.4 Å². The molecule has 0 saturated heterocycles. The second-order valence-electron chi connectivity index (χ2n) is 6.94. The van der Waals surface area contributed by atoms with Crippen LogP contribution in [0.15, 0.2) is 60.2 Å². The third kappa shape index (κ3) is 4.20. The number of aliphatic hydroxyl groups is 1. The van der Waals surface area contributed by atoms with E-state index in [2.05, 4.69) is 0 Å². The molecule has 0 aliphatic carbocycles. The van der Waals surface area contributed by atoms with Gasteiger partial charge in [-0.25, -0.2) is 4.79 Å². The van der Waals surface area contributed by atoms with Crippen molar-refractivity contribution in [1.82, 2.24) is 0 Å². The predicted molar refractivity (Wildman–Crippen MR) is 102 cm³/mol. The van der Waals surface area contributed by atoms with Gasteiger partial charge in [-0.2, -0.15) is 0 Å². The van der Waals surface area contributed by atoms with Crippen molar-refractivity contribution in [3.63, 3.8) is 0 Å². The maximum atomic E-state index is 11.8. The van der Waals surface area contributed by atoms with E-state index in [-0.39, 0.29) is 17.9 Å². The first-order valence-corrected chi connectivity index (χ1v) is 8.68. The van der Waals surface area contributed by atoms with Crippen LogP contribution < -0.4 is 0 Å². The van der Waals surface area contributed by atoms with Crippen LogP contribution in [0, 0.1) is 0 Å². The Morgan fingerprint density at radius 3 is 2.48 bits per heavy atom. The lowest BCUT2D eigenvalue weighted by Crippen LogP contribution is -2.33. The van der Waals surface area contributed by atoms with Gasteiger partial charge in [-0.05, 0) is 55.2 Å². The van der Waals surface area contributed by atoms with Crippen LogP contribution in [0.5, 0.6) is 11.5 Å². The second kappa shape index (κ2) is 7.29. The van der Waals surface area contributed by atoms with Gasteiger partial charge >= 0.3 is 5.97 Å². The molecular weight excluding hydrogens is 344 g/mol. The Labute approximate surface area is 157 Å². The van der Waals surface area contributed by atoms with Gasteiger partial charge in [0.2, 0.25) is 5.79 Å². The number of allylic oxidation sites excluding steroid dienone is 2. The first-order valence-electron chi connectivity index (χ1n) is 8.68. The maximum Gasteiger partial charge on any atom is 0.334 e. The highest BCUT2D eigenvalue weighted by Gasteiger charge is 2.42. The fourth-order valence-corrected chi connectivity index (χ4v) is 3.07. The molecule has 5 heteroatoms. The second-order valence-corrected chi connectivity index (χ2v) is 6.94. The summed E-state index contributed by atoms with van der Waals surface area (Å²) < 4.78 is 5.21. The molecule has 1 aliphatic heterocycles. The quantitative estimate of drug-likeness (QED) is 0.557. The van der Waals surface area contributed by atoms with Gasteiger partial charge in [0.05, 0.1) is 0 Å². The van der Waals surface area contributed by atoms with E-state index < -0.39 is 11.8 Å². The predicted octanol–water partition coefficient (Wildman–Crippen LogP) is 3.48. The molecule has 0 radical (unpaired) electrons. The van der Waals surface area contributed by atoms with Crippen molar-refractivity contribution in [1.29, 1.82) is 0 Å². The van der Waals surface area contributed by atoms with Gasteiger partial charge in [0.25, 0.3) is 0 Å². The van der Waals surface area contributed by atoms with Crippen LogP contribution in [0.2, 0.25) is 0 Å². The van der Waals surface area contributed by atoms with E-state index in [1.165, 1.54) is 18.2 Å². The molecule has 0 saturated carbocycles. The fraction of sp³-hybridized carbons (Fsp3) is 0.227. The number of phenolic OH excluding ortho intramolecular Hbond substituents is 2. The highest BCUT2D eigenvalue weighted by atomic mass is 16.7. The van der Waals surface area contributed by atoms with Crippen molar-refractivity contribution in [3.05, 3.63) is 76.9 Å². The number of carbonyl (C=O) groups excluding carboxylic acids is 1. The average Bonchev–Trinajstić information content (AvgIpc) is 2.90. The number of phenols is 2. The minimum Gasteiger partial charge on any atom is -0.508 e. The smallest absolute Gasteiger partial charge is 0.334 e. The SMILES string of the molecule is CC(C)=CCc1cc(CC2(O)OC(=O)C=C2c2ccc(O)cc2)ccc1O. The summed E-state index contributed by atoms with van der Waals surface area (Å²) >= 11 is 0. The van der Waals surface area contributed by atoms with Gasteiger partial charge in [0.1, 0.15) is 11.5 Å². The number of hydrogen-bond donors (Lipinski definition) is 3. The van der Waals surface area contributed by atoms with Crippen LogP contribution in [0.1, 0.15) is 30.5 Å². The lowest BCUT2D eigenvalue weighted by atomic mass is 9.92. The molecule has 0 bridgehead atoms. The van der Waals surface area contributed by atoms with Gasteiger partial charge in [-0.1, -0.05) is 35.9 Å². The van der Waals surface area contributed by atoms with Crippen LogP contribution in [0.4, 0.5) is 0 Å². The standard InChI is InChI=1S/C22H22O5/c1-14(2)3-5-17-11-15(4-10-20(17)24)13-22(26)19(12-21(25)27-22)16-6-8-18(23)9-7-16/h3-4,6-12,23-24,26H,5,13H2,1-2H3. The first-order chi connectivity index (χ1) is 12.8. The Morgan fingerprint density at radius 1 is 1.11 bits per heavy atom. The molecule has 1 atom stereocenters. The van der Waals surface area contributed by atoms with Crippen LogP contribution in [0.25, 0.3) is 5.57 Å². The average molecular weight is 366 g/mol. The van der Waals surface area contributed by atoms with E-state index in [4.69, 9.17) is 4.74 Å². The third-order valence-corrected chi connectivity index (χ3v) is 4.45. The summed E-state index contributed by atoms with van der Waals surface area (Å²) in [5.74, 6) is -2.15. The zero-order chi connectivity index (χ0) is 19.6. The first kappa shape index (κ1) is 18.7. The van der Waals surface area contributed by atoms with Crippen LogP contribution >= 0.6 is 0 Å². The lowest BCUT2D eigenvalue weighted by molar-refractivity contribution is -0.174. The minimum absolute atomic E-state index is 0.0492. The summed E-state index contributed by atoms with van der Waals surface area (Å²) in [6.45, 7) is 3.96. The zero-order valence-electron chi connectivity index (χ0n) is 15.3. The lowest BCUT2D eigenvalue weighted by Gasteiger charge is -2.25. The monoisotopic (exact) mass is 366 g/mol. The summed E-state index contributed by atoms with van der Waals surface area (Å²) in [5.41, 5.74) is 3.53. The number of carbonyl (C=O) groups is 1. The number of cyclic esters (lactones) is 1. The summed E-state index contributed by atoms with van der Waals surface area (Å²) in [6, 6.07) is 11.3. The number of aromatic hydroxyl groups is 2. The molecule has 0 fully saturated rings. The Bertz CT molecular complexity index is 920. The maximum absolute atomic E-state index is 11.8. The van der Waals surface area contributed by atoms with E-state index in [0.717, 1.165) is 16.7 Å². The van der Waals surface area contributed by atoms with E-state index in [9.17, 15) is 20.1 Å². The van der Waals surface area contributed by atoms with E-state index in [1.54, 1.807) is 30.3 Å². The number of rotatable bonds is 5.